The second-order valence-corrected chi connectivity index (χ2v) is 12.9. The summed E-state index contributed by atoms with van der Waals surface area (Å²) in [6, 6.07) is 0. The van der Waals surface area contributed by atoms with E-state index in [1.165, 1.54) is 199 Å². The molecule has 0 N–H and O–H groups in total. The summed E-state index contributed by atoms with van der Waals surface area (Å²) in [6.07, 6.45) is 46.9. The van der Waals surface area contributed by atoms with Crippen molar-refractivity contribution in [2.45, 2.75) is 213 Å². The molecule has 2 heteroatoms. The van der Waals surface area contributed by atoms with Gasteiger partial charge in [-0.05, 0) is 25.7 Å². The van der Waals surface area contributed by atoms with Gasteiger partial charge in [0.2, 0.25) is 0 Å². The summed E-state index contributed by atoms with van der Waals surface area (Å²) in [5.41, 5.74) is 0. The van der Waals surface area contributed by atoms with E-state index in [-0.39, 0.29) is 0 Å². The second kappa shape index (κ2) is 28.9. The Bertz CT molecular complexity index is 502. The molecule has 39 heavy (non-hydrogen) atoms. The molecule has 1 aliphatic rings. The number of hydrogen-bond donors (Lipinski definition) is 0. The van der Waals surface area contributed by atoms with Crippen LogP contribution in [-0.4, -0.2) is 29.1 Å². The van der Waals surface area contributed by atoms with Crippen LogP contribution in [0.5, 0.6) is 0 Å². The Morgan fingerprint density at radius 2 is 0.590 bits per heavy atom. The molecule has 1 rings (SSSR count). The minimum Gasteiger partial charge on any atom is -0.356 e. The van der Waals surface area contributed by atoms with Crippen LogP contribution < -0.4 is 0 Å². The third-order valence-corrected chi connectivity index (χ3v) is 9.07. The lowest BCUT2D eigenvalue weighted by molar-refractivity contribution is 0.135. The van der Waals surface area contributed by atoms with E-state index in [1.807, 2.05) is 0 Å². The summed E-state index contributed by atoms with van der Waals surface area (Å²) in [7, 11) is 0. The largest absolute Gasteiger partial charge is 0.356 e. The summed E-state index contributed by atoms with van der Waals surface area (Å²) in [5, 5.41) is 0. The third kappa shape index (κ3) is 21.7. The summed E-state index contributed by atoms with van der Waals surface area (Å²) in [4.78, 5) is 5.41. The first kappa shape index (κ1) is 36.4. The lowest BCUT2D eigenvalue weighted by atomic mass is 10.0. The Balaban J connectivity index is 2.19. The van der Waals surface area contributed by atoms with E-state index < -0.39 is 0 Å². The predicted octanol–water partition coefficient (Wildman–Crippen LogP) is 12.8. The van der Waals surface area contributed by atoms with E-state index in [4.69, 9.17) is 0 Å². The quantitative estimate of drug-likeness (QED) is 0.0798. The maximum Gasteiger partial charge on any atom is 0.101 e. The number of nitrogens with zero attached hydrogens (tertiary/aromatic N) is 2. The number of rotatable bonds is 31. The van der Waals surface area contributed by atoms with Gasteiger partial charge >= 0.3 is 0 Å². The molecule has 0 saturated carbocycles. The van der Waals surface area contributed by atoms with Gasteiger partial charge in [-0.1, -0.05) is 181 Å². The minimum absolute atomic E-state index is 0.641. The summed E-state index contributed by atoms with van der Waals surface area (Å²) in [6.45, 7) is 9.48. The highest BCUT2D eigenvalue weighted by Gasteiger charge is 2.24. The molecule has 0 aromatic rings. The van der Waals surface area contributed by atoms with Crippen molar-refractivity contribution in [2.75, 3.05) is 13.1 Å². The normalized spacial score (nSPS) is 15.2. The Hall–Kier alpha value is -0.660. The zero-order valence-corrected chi connectivity index (χ0v) is 27.5. The lowest BCUT2D eigenvalue weighted by Crippen LogP contribution is -2.39. The van der Waals surface area contributed by atoms with Gasteiger partial charge in [-0.2, -0.15) is 0 Å². The van der Waals surface area contributed by atoms with E-state index in [2.05, 4.69) is 43.0 Å². The van der Waals surface area contributed by atoms with E-state index in [1.54, 1.807) is 0 Å². The van der Waals surface area contributed by atoms with Crippen molar-refractivity contribution < 1.29 is 0 Å². The van der Waals surface area contributed by atoms with Crippen LogP contribution in [0.1, 0.15) is 207 Å². The van der Waals surface area contributed by atoms with Crippen LogP contribution in [0.4, 0.5) is 0 Å². The molecule has 1 aliphatic heterocycles. The molecule has 0 amide bonds. The fourth-order valence-electron chi connectivity index (χ4n) is 6.36. The Morgan fingerprint density at radius 3 is 0.897 bits per heavy atom. The highest BCUT2D eigenvalue weighted by molar-refractivity contribution is 4.97. The monoisotopic (exact) mass is 547 g/mol. The average molecular weight is 547 g/mol. The van der Waals surface area contributed by atoms with Gasteiger partial charge in [-0.15, -0.1) is 0 Å². The molecular formula is C37H74N2. The molecular weight excluding hydrogens is 472 g/mol. The van der Waals surface area contributed by atoms with Gasteiger partial charge < -0.3 is 9.80 Å². The fourth-order valence-corrected chi connectivity index (χ4v) is 6.36. The van der Waals surface area contributed by atoms with E-state index in [9.17, 15) is 0 Å². The van der Waals surface area contributed by atoms with Crippen LogP contribution in [0.3, 0.4) is 0 Å². The van der Waals surface area contributed by atoms with Gasteiger partial charge in [-0.25, -0.2) is 0 Å². The fraction of sp³-hybridized carbons (Fsp3) is 0.946. The van der Waals surface area contributed by atoms with Crippen LogP contribution in [0.2, 0.25) is 0 Å². The zero-order valence-electron chi connectivity index (χ0n) is 27.5. The summed E-state index contributed by atoms with van der Waals surface area (Å²) in [5.74, 6) is 0. The number of unbranched alkanes of at least 4 members (excludes halogenated alkanes) is 25. The summed E-state index contributed by atoms with van der Waals surface area (Å²) >= 11 is 0. The van der Waals surface area contributed by atoms with Gasteiger partial charge in [0.05, 0.1) is 0 Å². The zero-order chi connectivity index (χ0) is 28.1. The van der Waals surface area contributed by atoms with Gasteiger partial charge in [0.1, 0.15) is 6.17 Å². The van der Waals surface area contributed by atoms with Gasteiger partial charge in [0, 0.05) is 25.5 Å². The maximum atomic E-state index is 2.71. The van der Waals surface area contributed by atoms with E-state index in [0.29, 0.717) is 6.17 Å². The van der Waals surface area contributed by atoms with E-state index in [0.717, 1.165) is 0 Å². The molecule has 0 saturated heterocycles. The molecule has 0 bridgehead atoms. The molecule has 1 atom stereocenters. The molecule has 1 heterocycles. The molecule has 0 spiro atoms. The van der Waals surface area contributed by atoms with Crippen LogP contribution in [0.25, 0.3) is 0 Å². The molecule has 0 aliphatic carbocycles. The smallest absolute Gasteiger partial charge is 0.101 e. The minimum atomic E-state index is 0.641. The first-order valence-electron chi connectivity index (χ1n) is 18.5. The lowest BCUT2D eigenvalue weighted by Gasteiger charge is -2.33. The highest BCUT2D eigenvalue weighted by atomic mass is 15.4. The van der Waals surface area contributed by atoms with Crippen LogP contribution in [0, 0.1) is 0 Å². The molecule has 0 radical (unpaired) electrons. The molecule has 1 unspecified atom stereocenters. The molecule has 0 aromatic heterocycles. The van der Waals surface area contributed by atoms with Gasteiger partial charge in [0.15, 0.2) is 0 Å². The van der Waals surface area contributed by atoms with E-state index >= 15 is 0 Å². The van der Waals surface area contributed by atoms with Crippen LogP contribution >= 0.6 is 0 Å². The third-order valence-electron chi connectivity index (χ3n) is 9.07. The highest BCUT2D eigenvalue weighted by Crippen LogP contribution is 2.24. The topological polar surface area (TPSA) is 6.48 Å². The molecule has 0 aromatic carbocycles. The van der Waals surface area contributed by atoms with Crippen molar-refractivity contribution in [1.29, 1.82) is 0 Å². The van der Waals surface area contributed by atoms with Crippen molar-refractivity contribution >= 4 is 0 Å². The van der Waals surface area contributed by atoms with Crippen molar-refractivity contribution in [3.8, 4) is 0 Å². The summed E-state index contributed by atoms with van der Waals surface area (Å²) < 4.78 is 0. The van der Waals surface area contributed by atoms with Gasteiger partial charge in [-0.3, -0.25) is 0 Å². The number of hydrogen-bond acceptors (Lipinski definition) is 2. The predicted molar refractivity (Wildman–Crippen MR) is 177 cm³/mol. The maximum absolute atomic E-state index is 2.71. The van der Waals surface area contributed by atoms with Crippen LogP contribution in [0.15, 0.2) is 12.4 Å². The molecule has 232 valence electrons. The standard InChI is InChI=1S/C37H74N2/c1-4-7-10-13-16-18-19-20-21-22-25-28-31-34-39-36-35-38(33-30-27-24-17-14-11-8-5-2)37(39)32-29-26-23-15-12-9-6-3/h35-37H,4-34H2,1-3H3. The average Bonchev–Trinajstić information content (AvgIpc) is 3.33. The van der Waals surface area contributed by atoms with Crippen molar-refractivity contribution in [2.24, 2.45) is 0 Å². The van der Waals surface area contributed by atoms with Crippen molar-refractivity contribution in [1.82, 2.24) is 9.80 Å². The Morgan fingerprint density at radius 1 is 0.333 bits per heavy atom. The molecule has 0 fully saturated rings. The van der Waals surface area contributed by atoms with Gasteiger partial charge in [0.25, 0.3) is 0 Å². The first-order chi connectivity index (χ1) is 19.3. The van der Waals surface area contributed by atoms with Crippen molar-refractivity contribution in [3.63, 3.8) is 0 Å². The second-order valence-electron chi connectivity index (χ2n) is 12.9. The Labute approximate surface area is 248 Å². The first-order valence-corrected chi connectivity index (χ1v) is 18.5. The molecule has 2 nitrogen and oxygen atoms in total. The Kier molecular flexibility index (Phi) is 26.9. The van der Waals surface area contributed by atoms with Crippen molar-refractivity contribution in [3.05, 3.63) is 12.4 Å². The SMILES string of the molecule is CCCCCCCCCCCCCCCN1C=CN(CCCCCCCCCC)C1CCCCCCCCC. The van der Waals surface area contributed by atoms with Crippen LogP contribution in [-0.2, 0) is 0 Å².